The lowest BCUT2D eigenvalue weighted by atomic mass is 9.46. The van der Waals surface area contributed by atoms with E-state index in [1.165, 1.54) is 70.6 Å². The summed E-state index contributed by atoms with van der Waals surface area (Å²) in [5.74, 6) is 6.73. The van der Waals surface area contributed by atoms with Crippen LogP contribution >= 0.6 is 0 Å². The summed E-state index contributed by atoms with van der Waals surface area (Å²) in [6.07, 6.45) is 19.0. The van der Waals surface area contributed by atoms with E-state index in [0.717, 1.165) is 41.4 Å². The molecule has 0 bridgehead atoms. The molecule has 0 heteroatoms. The first-order valence-corrected chi connectivity index (χ1v) is 12.9. The van der Waals surface area contributed by atoms with Crippen molar-refractivity contribution in [2.24, 2.45) is 52.3 Å². The van der Waals surface area contributed by atoms with E-state index < -0.39 is 0 Å². The van der Waals surface area contributed by atoms with Crippen LogP contribution < -0.4 is 0 Å². The molecule has 28 heavy (non-hydrogen) atoms. The fourth-order valence-corrected chi connectivity index (χ4v) is 8.87. The molecule has 4 aliphatic rings. The monoisotopic (exact) mass is 384 g/mol. The quantitative estimate of drug-likeness (QED) is 0.416. The van der Waals surface area contributed by atoms with Crippen molar-refractivity contribution in [3.05, 3.63) is 11.6 Å². The van der Waals surface area contributed by atoms with Gasteiger partial charge in [0.25, 0.3) is 0 Å². The van der Waals surface area contributed by atoms with Gasteiger partial charge in [-0.1, -0.05) is 72.5 Å². The highest BCUT2D eigenvalue weighted by Gasteiger charge is 2.58. The van der Waals surface area contributed by atoms with Crippen LogP contribution in [0.5, 0.6) is 0 Å². The van der Waals surface area contributed by atoms with Crippen LogP contribution in [0.4, 0.5) is 0 Å². The number of allylic oxidation sites excluding steroid dienone is 2. The molecule has 4 rings (SSSR count). The summed E-state index contributed by atoms with van der Waals surface area (Å²) in [6.45, 7) is 15.3. The predicted molar refractivity (Wildman–Crippen MR) is 122 cm³/mol. The van der Waals surface area contributed by atoms with Gasteiger partial charge in [-0.3, -0.25) is 0 Å². The van der Waals surface area contributed by atoms with Crippen molar-refractivity contribution >= 4 is 0 Å². The fraction of sp³-hybridized carbons (Fsp3) is 0.929. The minimum Gasteiger partial charge on any atom is -0.0845 e. The van der Waals surface area contributed by atoms with Gasteiger partial charge >= 0.3 is 0 Å². The van der Waals surface area contributed by atoms with Gasteiger partial charge in [-0.25, -0.2) is 0 Å². The third kappa shape index (κ3) is 3.43. The van der Waals surface area contributed by atoms with Crippen LogP contribution in [0.25, 0.3) is 0 Å². The van der Waals surface area contributed by atoms with Crippen molar-refractivity contribution in [2.45, 2.75) is 112 Å². The van der Waals surface area contributed by atoms with Crippen molar-refractivity contribution in [2.75, 3.05) is 0 Å². The summed E-state index contributed by atoms with van der Waals surface area (Å²) >= 11 is 0. The van der Waals surface area contributed by atoms with Gasteiger partial charge in [-0.15, -0.1) is 0 Å². The van der Waals surface area contributed by atoms with Gasteiger partial charge in [-0.05, 0) is 104 Å². The molecule has 0 aromatic carbocycles. The van der Waals surface area contributed by atoms with Crippen LogP contribution in [0.15, 0.2) is 11.6 Å². The molecule has 0 spiro atoms. The van der Waals surface area contributed by atoms with Gasteiger partial charge in [0.2, 0.25) is 0 Å². The lowest BCUT2D eigenvalue weighted by Gasteiger charge is -2.58. The minimum atomic E-state index is 0.553. The fourth-order valence-electron chi connectivity index (χ4n) is 8.87. The summed E-state index contributed by atoms with van der Waals surface area (Å²) < 4.78 is 0. The van der Waals surface area contributed by atoms with E-state index in [9.17, 15) is 0 Å². The van der Waals surface area contributed by atoms with Gasteiger partial charge in [-0.2, -0.15) is 0 Å². The molecular formula is C28H48. The predicted octanol–water partition coefficient (Wildman–Crippen LogP) is 8.66. The Balaban J connectivity index is 1.49. The Kier molecular flexibility index (Phi) is 5.83. The molecule has 3 fully saturated rings. The van der Waals surface area contributed by atoms with Crippen molar-refractivity contribution < 1.29 is 0 Å². The van der Waals surface area contributed by atoms with Gasteiger partial charge in [0.15, 0.2) is 0 Å². The topological polar surface area (TPSA) is 0 Å². The van der Waals surface area contributed by atoms with E-state index in [1.807, 2.05) is 5.57 Å². The molecule has 3 saturated carbocycles. The van der Waals surface area contributed by atoms with Gasteiger partial charge < -0.3 is 0 Å². The Labute approximate surface area is 176 Å². The molecule has 0 saturated heterocycles. The zero-order valence-corrected chi connectivity index (χ0v) is 19.9. The lowest BCUT2D eigenvalue weighted by Crippen LogP contribution is -2.50. The van der Waals surface area contributed by atoms with Crippen LogP contribution in [-0.2, 0) is 0 Å². The standard InChI is InChI=1S/C28H48/c1-19(2)8-7-9-21(4)24-12-13-25-23-11-10-22-18-20(3)14-16-27(22,5)26(23)15-17-28(24,25)6/h10,19-21,23-26H,7-9,11-18H2,1-6H3/t20?,21?,23?,24-,25+,26+,27+,28-/m1/s1. The maximum atomic E-state index is 2.75. The zero-order chi connectivity index (χ0) is 20.1. The van der Waals surface area contributed by atoms with Crippen LogP contribution in [0, 0.1) is 52.3 Å². The summed E-state index contributed by atoms with van der Waals surface area (Å²) in [4.78, 5) is 0. The molecule has 0 heterocycles. The molecule has 0 nitrogen and oxygen atoms in total. The third-order valence-electron chi connectivity index (χ3n) is 10.6. The van der Waals surface area contributed by atoms with E-state index in [1.54, 1.807) is 0 Å². The van der Waals surface area contributed by atoms with Crippen LogP contribution in [0.1, 0.15) is 112 Å². The normalized spacial score (nSPS) is 46.5. The second kappa shape index (κ2) is 7.77. The summed E-state index contributed by atoms with van der Waals surface area (Å²) in [5.41, 5.74) is 3.06. The lowest BCUT2D eigenvalue weighted by molar-refractivity contribution is -0.0523. The summed E-state index contributed by atoms with van der Waals surface area (Å²) in [5, 5.41) is 0. The highest BCUT2D eigenvalue weighted by Crippen LogP contribution is 2.67. The second-order valence-electron chi connectivity index (χ2n) is 12.6. The van der Waals surface area contributed by atoms with Crippen molar-refractivity contribution in [3.8, 4) is 0 Å². The largest absolute Gasteiger partial charge is 0.0845 e. The zero-order valence-electron chi connectivity index (χ0n) is 19.9. The molecule has 0 aromatic heterocycles. The molecule has 0 N–H and O–H groups in total. The molecule has 0 amide bonds. The number of fused-ring (bicyclic) bond motifs is 5. The Morgan fingerprint density at radius 3 is 2.50 bits per heavy atom. The molecule has 8 atom stereocenters. The van der Waals surface area contributed by atoms with Crippen LogP contribution in [0.3, 0.4) is 0 Å². The van der Waals surface area contributed by atoms with E-state index >= 15 is 0 Å². The Morgan fingerprint density at radius 1 is 0.964 bits per heavy atom. The molecule has 4 aliphatic carbocycles. The van der Waals surface area contributed by atoms with E-state index in [2.05, 4.69) is 47.6 Å². The first-order valence-electron chi connectivity index (χ1n) is 12.9. The van der Waals surface area contributed by atoms with E-state index in [0.29, 0.717) is 10.8 Å². The number of hydrogen-bond donors (Lipinski definition) is 0. The van der Waals surface area contributed by atoms with Crippen LogP contribution in [-0.4, -0.2) is 0 Å². The Morgan fingerprint density at radius 2 is 1.75 bits per heavy atom. The average molecular weight is 385 g/mol. The molecule has 160 valence electrons. The minimum absolute atomic E-state index is 0.553. The van der Waals surface area contributed by atoms with Gasteiger partial charge in [0, 0.05) is 0 Å². The highest BCUT2D eigenvalue weighted by molar-refractivity contribution is 5.25. The first-order chi connectivity index (χ1) is 13.3. The maximum absolute atomic E-state index is 2.75. The van der Waals surface area contributed by atoms with E-state index in [4.69, 9.17) is 0 Å². The van der Waals surface area contributed by atoms with Crippen molar-refractivity contribution in [1.29, 1.82) is 0 Å². The first kappa shape index (κ1) is 21.0. The Bertz CT molecular complexity index is 585. The van der Waals surface area contributed by atoms with Gasteiger partial charge in [0.05, 0.1) is 0 Å². The highest BCUT2D eigenvalue weighted by atomic mass is 14.6. The Hall–Kier alpha value is -0.260. The van der Waals surface area contributed by atoms with Crippen molar-refractivity contribution in [1.82, 2.24) is 0 Å². The third-order valence-corrected chi connectivity index (χ3v) is 10.6. The summed E-state index contributed by atoms with van der Waals surface area (Å²) in [6, 6.07) is 0. The van der Waals surface area contributed by atoms with Crippen LogP contribution in [0.2, 0.25) is 0 Å². The molecule has 3 unspecified atom stereocenters. The van der Waals surface area contributed by atoms with E-state index in [-0.39, 0.29) is 0 Å². The second-order valence-corrected chi connectivity index (χ2v) is 12.6. The molecule has 0 aromatic rings. The molecular weight excluding hydrogens is 336 g/mol. The molecule has 0 aliphatic heterocycles. The number of rotatable bonds is 5. The smallest absolute Gasteiger partial charge is 0.00851 e. The molecule has 0 radical (unpaired) electrons. The SMILES string of the molecule is CC(C)CCCC(C)[C@H]1CC[C@H]2C3CC=C4CC(C)CC[C@]4(C)[C@H]3CC[C@]12C. The number of hydrogen-bond acceptors (Lipinski definition) is 0. The van der Waals surface area contributed by atoms with Gasteiger partial charge in [0.1, 0.15) is 0 Å². The van der Waals surface area contributed by atoms with Crippen molar-refractivity contribution in [3.63, 3.8) is 0 Å². The maximum Gasteiger partial charge on any atom is -0.00851 e. The summed E-state index contributed by atoms with van der Waals surface area (Å²) in [7, 11) is 0. The average Bonchev–Trinajstić information content (AvgIpc) is 2.99.